The predicted molar refractivity (Wildman–Crippen MR) is 72.6 cm³/mol. The van der Waals surface area contributed by atoms with E-state index in [0.29, 0.717) is 0 Å². The molecule has 0 atom stereocenters. The van der Waals surface area contributed by atoms with E-state index in [1.807, 2.05) is 0 Å². The largest absolute Gasteiger partial charge is 0.310 e. The summed E-state index contributed by atoms with van der Waals surface area (Å²) in [4.78, 5) is 2.57. The van der Waals surface area contributed by atoms with Gasteiger partial charge in [0.15, 0.2) is 0 Å². The first kappa shape index (κ1) is 12.2. The van der Waals surface area contributed by atoms with Crippen molar-refractivity contribution in [2.45, 2.75) is 45.1 Å². The van der Waals surface area contributed by atoms with Gasteiger partial charge in [-0.3, -0.25) is 5.10 Å². The summed E-state index contributed by atoms with van der Waals surface area (Å²) in [7, 11) is 0. The molecule has 0 amide bonds. The Hall–Kier alpha value is -0.870. The van der Waals surface area contributed by atoms with Crippen LogP contribution >= 0.6 is 0 Å². The minimum Gasteiger partial charge on any atom is -0.310 e. The zero-order chi connectivity index (χ0) is 12.2. The maximum atomic E-state index is 4.42. The third-order valence-corrected chi connectivity index (χ3v) is 4.24. The van der Waals surface area contributed by atoms with E-state index in [1.165, 1.54) is 75.1 Å². The number of hydrogen-bond donors (Lipinski definition) is 2. The summed E-state index contributed by atoms with van der Waals surface area (Å²) >= 11 is 0. The average Bonchev–Trinajstić information content (AvgIpc) is 3.00. The molecule has 0 unspecified atom stereocenters. The van der Waals surface area contributed by atoms with Gasteiger partial charge in [-0.1, -0.05) is 6.42 Å². The number of nitrogens with one attached hydrogen (secondary N) is 2. The molecule has 2 aliphatic rings. The van der Waals surface area contributed by atoms with Gasteiger partial charge in [0.2, 0.25) is 0 Å². The van der Waals surface area contributed by atoms with E-state index < -0.39 is 0 Å². The number of aromatic nitrogens is 2. The topological polar surface area (TPSA) is 44.0 Å². The quantitative estimate of drug-likeness (QED) is 0.776. The number of nitrogens with zero attached hydrogens (tertiary/aromatic N) is 2. The number of fused-ring (bicyclic) bond motifs is 1. The fourth-order valence-electron chi connectivity index (χ4n) is 3.16. The van der Waals surface area contributed by atoms with Crippen LogP contribution in [-0.4, -0.2) is 41.3 Å². The molecule has 4 nitrogen and oxygen atoms in total. The fourth-order valence-corrected chi connectivity index (χ4v) is 3.16. The molecule has 1 saturated heterocycles. The lowest BCUT2D eigenvalue weighted by Gasteiger charge is -2.26. The molecule has 1 aromatic heterocycles. The second-order valence-corrected chi connectivity index (χ2v) is 5.56. The molecular weight excluding hydrogens is 224 g/mol. The number of rotatable bonds is 5. The van der Waals surface area contributed by atoms with Crippen molar-refractivity contribution >= 4 is 0 Å². The number of aromatic amines is 1. The van der Waals surface area contributed by atoms with Gasteiger partial charge in [-0.15, -0.1) is 0 Å². The summed E-state index contributed by atoms with van der Waals surface area (Å²) < 4.78 is 0. The summed E-state index contributed by atoms with van der Waals surface area (Å²) in [6.07, 6.45) is 7.89. The van der Waals surface area contributed by atoms with E-state index in [2.05, 4.69) is 20.4 Å². The van der Waals surface area contributed by atoms with Gasteiger partial charge in [0.1, 0.15) is 0 Å². The Morgan fingerprint density at radius 1 is 1.11 bits per heavy atom. The number of likely N-dealkylation sites (tertiary alicyclic amines) is 1. The van der Waals surface area contributed by atoms with E-state index in [-0.39, 0.29) is 0 Å². The van der Waals surface area contributed by atoms with Gasteiger partial charge in [0, 0.05) is 25.3 Å². The maximum absolute atomic E-state index is 4.42. The number of piperidine rings is 1. The molecule has 1 aromatic rings. The van der Waals surface area contributed by atoms with Crippen LogP contribution < -0.4 is 5.32 Å². The second kappa shape index (κ2) is 5.85. The summed E-state index contributed by atoms with van der Waals surface area (Å²) in [5, 5.41) is 11.1. The first-order valence-corrected chi connectivity index (χ1v) is 7.41. The fraction of sp³-hybridized carbons (Fsp3) is 0.786. The van der Waals surface area contributed by atoms with Crippen molar-refractivity contribution in [3.05, 3.63) is 17.0 Å². The van der Waals surface area contributed by atoms with Crippen LogP contribution in [0.3, 0.4) is 0 Å². The smallest absolute Gasteiger partial charge is 0.0794 e. The van der Waals surface area contributed by atoms with Crippen molar-refractivity contribution in [1.82, 2.24) is 20.4 Å². The molecule has 1 aliphatic heterocycles. The Morgan fingerprint density at radius 3 is 2.89 bits per heavy atom. The molecule has 3 rings (SSSR count). The Labute approximate surface area is 109 Å². The lowest BCUT2D eigenvalue weighted by molar-refractivity contribution is 0.229. The highest BCUT2D eigenvalue weighted by molar-refractivity contribution is 5.29. The first-order chi connectivity index (χ1) is 8.93. The molecule has 100 valence electrons. The van der Waals surface area contributed by atoms with E-state index in [4.69, 9.17) is 0 Å². The van der Waals surface area contributed by atoms with Crippen LogP contribution in [0, 0.1) is 0 Å². The van der Waals surface area contributed by atoms with Gasteiger partial charge in [-0.05, 0) is 50.8 Å². The first-order valence-electron chi connectivity index (χ1n) is 7.41. The molecule has 0 saturated carbocycles. The summed E-state index contributed by atoms with van der Waals surface area (Å²) in [6, 6.07) is 0. The molecule has 2 heterocycles. The van der Waals surface area contributed by atoms with Crippen LogP contribution in [0.5, 0.6) is 0 Å². The van der Waals surface area contributed by atoms with Crippen LogP contribution in [0.25, 0.3) is 0 Å². The predicted octanol–water partition coefficient (Wildman–Crippen LogP) is 1.47. The monoisotopic (exact) mass is 248 g/mol. The van der Waals surface area contributed by atoms with Crippen molar-refractivity contribution in [2.24, 2.45) is 0 Å². The molecule has 0 aromatic carbocycles. The summed E-state index contributed by atoms with van der Waals surface area (Å²) in [6.45, 7) is 5.78. The van der Waals surface area contributed by atoms with Crippen molar-refractivity contribution < 1.29 is 0 Å². The minimum absolute atomic E-state index is 0.930. The van der Waals surface area contributed by atoms with Crippen molar-refractivity contribution in [1.29, 1.82) is 0 Å². The second-order valence-electron chi connectivity index (χ2n) is 5.56. The van der Waals surface area contributed by atoms with Crippen molar-refractivity contribution in [3.63, 3.8) is 0 Å². The SMILES string of the molecule is C1CCN(CCNCc2n[nH]c3c2CCC3)CC1. The summed E-state index contributed by atoms with van der Waals surface area (Å²) in [5.74, 6) is 0. The Morgan fingerprint density at radius 2 is 2.00 bits per heavy atom. The van der Waals surface area contributed by atoms with Gasteiger partial charge in [-0.2, -0.15) is 5.10 Å². The van der Waals surface area contributed by atoms with Crippen LogP contribution in [0.4, 0.5) is 0 Å². The Kier molecular flexibility index (Phi) is 3.96. The number of H-pyrrole nitrogens is 1. The van der Waals surface area contributed by atoms with Crippen LogP contribution in [0.1, 0.15) is 42.6 Å². The lowest BCUT2D eigenvalue weighted by Crippen LogP contribution is -2.35. The van der Waals surface area contributed by atoms with Crippen molar-refractivity contribution in [3.8, 4) is 0 Å². The molecule has 0 bridgehead atoms. The van der Waals surface area contributed by atoms with Crippen LogP contribution in [-0.2, 0) is 19.4 Å². The molecule has 4 heteroatoms. The lowest BCUT2D eigenvalue weighted by atomic mass is 10.1. The van der Waals surface area contributed by atoms with Gasteiger partial charge < -0.3 is 10.2 Å². The Bertz CT molecular complexity index is 379. The van der Waals surface area contributed by atoms with Gasteiger partial charge in [0.05, 0.1) is 5.69 Å². The average molecular weight is 248 g/mol. The van der Waals surface area contributed by atoms with E-state index >= 15 is 0 Å². The zero-order valence-electron chi connectivity index (χ0n) is 11.2. The third-order valence-electron chi connectivity index (χ3n) is 4.24. The van der Waals surface area contributed by atoms with E-state index in [0.717, 1.165) is 13.1 Å². The normalized spacial score (nSPS) is 20.2. The van der Waals surface area contributed by atoms with Gasteiger partial charge in [-0.25, -0.2) is 0 Å². The van der Waals surface area contributed by atoms with E-state index in [9.17, 15) is 0 Å². The standard InChI is InChI=1S/C14H24N4/c1-2-8-18(9-3-1)10-7-15-11-14-12-5-4-6-13(12)16-17-14/h15H,1-11H2,(H,16,17). The summed E-state index contributed by atoms with van der Waals surface area (Å²) in [5.41, 5.74) is 4.12. The van der Waals surface area contributed by atoms with Crippen LogP contribution in [0.15, 0.2) is 0 Å². The van der Waals surface area contributed by atoms with Crippen molar-refractivity contribution in [2.75, 3.05) is 26.2 Å². The minimum atomic E-state index is 0.930. The molecule has 18 heavy (non-hydrogen) atoms. The molecule has 2 N–H and O–H groups in total. The zero-order valence-corrected chi connectivity index (χ0v) is 11.2. The van der Waals surface area contributed by atoms with Gasteiger partial charge >= 0.3 is 0 Å². The Balaban J connectivity index is 1.39. The third kappa shape index (κ3) is 2.75. The molecular formula is C14H24N4. The van der Waals surface area contributed by atoms with Gasteiger partial charge in [0.25, 0.3) is 0 Å². The number of aryl methyl sites for hydroxylation is 1. The molecule has 1 fully saturated rings. The number of hydrogen-bond acceptors (Lipinski definition) is 3. The highest BCUT2D eigenvalue weighted by Gasteiger charge is 2.17. The molecule has 0 radical (unpaired) electrons. The highest BCUT2D eigenvalue weighted by atomic mass is 15.2. The van der Waals surface area contributed by atoms with E-state index in [1.54, 1.807) is 0 Å². The molecule has 1 aliphatic carbocycles. The highest BCUT2D eigenvalue weighted by Crippen LogP contribution is 2.22. The maximum Gasteiger partial charge on any atom is 0.0794 e. The van der Waals surface area contributed by atoms with Crippen LogP contribution in [0.2, 0.25) is 0 Å². The molecule has 0 spiro atoms.